The topological polar surface area (TPSA) is 208 Å². The van der Waals surface area contributed by atoms with E-state index < -0.39 is 66.9 Å². The quantitative estimate of drug-likeness (QED) is 0.130. The highest BCUT2D eigenvalue weighted by atomic mass is 32.1. The molecular formula is C14H24N4O8S2. The first-order chi connectivity index (χ1) is 13.1. The van der Waals surface area contributed by atoms with Crippen molar-refractivity contribution in [3.05, 3.63) is 0 Å². The van der Waals surface area contributed by atoms with Crippen molar-refractivity contribution in [1.82, 2.24) is 16.0 Å². The second-order valence-corrected chi connectivity index (χ2v) is 6.34. The Kier molecular flexibility index (Phi) is 12.2. The smallest absolute Gasteiger partial charge is 0.328 e. The molecule has 0 bridgehead atoms. The first-order valence-electron chi connectivity index (χ1n) is 8.01. The molecular weight excluding hydrogens is 416 g/mol. The van der Waals surface area contributed by atoms with Crippen molar-refractivity contribution < 1.29 is 39.3 Å². The van der Waals surface area contributed by atoms with Crippen molar-refractivity contribution in [2.75, 3.05) is 18.1 Å². The summed E-state index contributed by atoms with van der Waals surface area (Å²) in [6.07, 6.45) is -0.855. The van der Waals surface area contributed by atoms with Crippen LogP contribution in [0.15, 0.2) is 0 Å². The number of amides is 3. The van der Waals surface area contributed by atoms with E-state index in [0.717, 1.165) is 0 Å². The summed E-state index contributed by atoms with van der Waals surface area (Å²) >= 11 is 7.81. The minimum atomic E-state index is -1.63. The molecule has 0 aliphatic carbocycles. The van der Waals surface area contributed by atoms with Crippen molar-refractivity contribution >= 4 is 54.9 Å². The Morgan fingerprint density at radius 1 is 0.821 bits per heavy atom. The summed E-state index contributed by atoms with van der Waals surface area (Å²) in [5, 5.41) is 33.2. The van der Waals surface area contributed by atoms with E-state index in [2.05, 4.69) is 35.9 Å². The zero-order valence-corrected chi connectivity index (χ0v) is 16.5. The number of aliphatic hydroxyl groups is 1. The Balaban J connectivity index is 5.20. The highest BCUT2D eigenvalue weighted by molar-refractivity contribution is 7.80. The molecule has 160 valence electrons. The molecule has 0 radical (unpaired) electrons. The molecule has 14 heteroatoms. The summed E-state index contributed by atoms with van der Waals surface area (Å²) < 4.78 is 0. The van der Waals surface area contributed by atoms with Gasteiger partial charge in [0.05, 0.1) is 12.6 Å². The van der Waals surface area contributed by atoms with E-state index in [1.165, 1.54) is 0 Å². The van der Waals surface area contributed by atoms with Gasteiger partial charge in [-0.2, -0.15) is 25.3 Å². The fourth-order valence-corrected chi connectivity index (χ4v) is 2.25. The first-order valence-corrected chi connectivity index (χ1v) is 9.27. The summed E-state index contributed by atoms with van der Waals surface area (Å²) in [6, 6.07) is -5.22. The lowest BCUT2D eigenvalue weighted by Gasteiger charge is -2.23. The van der Waals surface area contributed by atoms with Crippen molar-refractivity contribution in [2.24, 2.45) is 5.73 Å². The molecule has 4 unspecified atom stereocenters. The van der Waals surface area contributed by atoms with E-state index in [-0.39, 0.29) is 17.9 Å². The number of carbonyl (C=O) groups excluding carboxylic acids is 3. The van der Waals surface area contributed by atoms with Crippen LogP contribution in [0.5, 0.6) is 0 Å². The molecule has 3 amide bonds. The molecule has 0 fully saturated rings. The highest BCUT2D eigenvalue weighted by Gasteiger charge is 2.29. The molecule has 28 heavy (non-hydrogen) atoms. The van der Waals surface area contributed by atoms with Crippen molar-refractivity contribution in [1.29, 1.82) is 0 Å². The zero-order valence-electron chi connectivity index (χ0n) is 14.7. The molecule has 0 aliphatic heterocycles. The van der Waals surface area contributed by atoms with Gasteiger partial charge < -0.3 is 37.0 Å². The Morgan fingerprint density at radius 2 is 1.32 bits per heavy atom. The molecule has 0 aromatic carbocycles. The van der Waals surface area contributed by atoms with Crippen LogP contribution in [0.3, 0.4) is 0 Å². The minimum Gasteiger partial charge on any atom is -0.481 e. The van der Waals surface area contributed by atoms with E-state index in [1.807, 2.05) is 5.32 Å². The van der Waals surface area contributed by atoms with Gasteiger partial charge in [0, 0.05) is 17.9 Å². The van der Waals surface area contributed by atoms with Gasteiger partial charge in [-0.25, -0.2) is 4.79 Å². The van der Waals surface area contributed by atoms with Crippen LogP contribution in [0.1, 0.15) is 12.8 Å². The second kappa shape index (κ2) is 13.2. The average Bonchev–Trinajstić information content (AvgIpc) is 2.65. The van der Waals surface area contributed by atoms with E-state index in [9.17, 15) is 24.0 Å². The summed E-state index contributed by atoms with van der Waals surface area (Å²) in [4.78, 5) is 58.0. The summed E-state index contributed by atoms with van der Waals surface area (Å²) in [5.74, 6) is -5.43. The fraction of sp³-hybridized carbons (Fsp3) is 0.643. The predicted octanol–water partition coefficient (Wildman–Crippen LogP) is -3.43. The lowest BCUT2D eigenvalue weighted by molar-refractivity contribution is -0.144. The minimum absolute atomic E-state index is 0.0219. The number of rotatable bonds is 13. The van der Waals surface area contributed by atoms with Crippen LogP contribution in [0.2, 0.25) is 0 Å². The van der Waals surface area contributed by atoms with Gasteiger partial charge in [-0.1, -0.05) is 0 Å². The summed E-state index contributed by atoms with van der Waals surface area (Å²) in [5.41, 5.74) is 5.49. The monoisotopic (exact) mass is 440 g/mol. The molecule has 0 rings (SSSR count). The third-order valence-corrected chi connectivity index (χ3v) is 4.18. The van der Waals surface area contributed by atoms with Gasteiger partial charge in [-0.3, -0.25) is 19.2 Å². The second-order valence-electron chi connectivity index (χ2n) is 5.61. The number of thiol groups is 2. The van der Waals surface area contributed by atoms with Crippen LogP contribution in [-0.2, 0) is 24.0 Å². The van der Waals surface area contributed by atoms with Gasteiger partial charge in [0.25, 0.3) is 0 Å². The zero-order chi connectivity index (χ0) is 21.9. The lowest BCUT2D eigenvalue weighted by atomic mass is 10.1. The molecule has 0 aliphatic rings. The van der Waals surface area contributed by atoms with Gasteiger partial charge in [-0.05, 0) is 6.42 Å². The number of aliphatic hydroxyl groups excluding tert-OH is 1. The Hall–Kier alpha value is -2.03. The third-order valence-electron chi connectivity index (χ3n) is 3.43. The van der Waals surface area contributed by atoms with Crippen LogP contribution in [0.25, 0.3) is 0 Å². The van der Waals surface area contributed by atoms with E-state index in [1.54, 1.807) is 0 Å². The number of nitrogens with one attached hydrogen (secondary N) is 3. The molecule has 0 heterocycles. The van der Waals surface area contributed by atoms with Gasteiger partial charge in [0.1, 0.15) is 18.1 Å². The average molecular weight is 441 g/mol. The number of carbonyl (C=O) groups is 5. The molecule has 0 saturated heterocycles. The first kappa shape index (κ1) is 26.0. The maximum absolute atomic E-state index is 12.3. The van der Waals surface area contributed by atoms with Gasteiger partial charge >= 0.3 is 11.9 Å². The Morgan fingerprint density at radius 3 is 1.75 bits per heavy atom. The van der Waals surface area contributed by atoms with Crippen LogP contribution in [0.4, 0.5) is 0 Å². The van der Waals surface area contributed by atoms with Crippen LogP contribution in [-0.4, -0.2) is 87.3 Å². The predicted molar refractivity (Wildman–Crippen MR) is 103 cm³/mol. The highest BCUT2D eigenvalue weighted by Crippen LogP contribution is 2.02. The van der Waals surface area contributed by atoms with Crippen LogP contribution >= 0.6 is 25.3 Å². The van der Waals surface area contributed by atoms with Gasteiger partial charge in [0.2, 0.25) is 17.7 Å². The number of carboxylic acids is 2. The van der Waals surface area contributed by atoms with E-state index >= 15 is 0 Å². The maximum atomic E-state index is 12.3. The van der Waals surface area contributed by atoms with E-state index in [4.69, 9.17) is 21.1 Å². The fourth-order valence-electron chi connectivity index (χ4n) is 1.82. The summed E-state index contributed by atoms with van der Waals surface area (Å²) in [6.45, 7) is -0.905. The standard InChI is InChI=1S/C14H24N4O8S2/c15-6(4-27)11(22)18-9(5-28)13(24)16-7(1-2-10(20)21)12(23)17-8(3-19)14(25)26/h6-9,19,27-28H,1-5,15H2,(H,16,24)(H,17,23)(H,18,22)(H,20,21)(H,25,26). The Labute approximate surface area is 171 Å². The summed E-state index contributed by atoms with van der Waals surface area (Å²) in [7, 11) is 0. The van der Waals surface area contributed by atoms with Gasteiger partial charge in [-0.15, -0.1) is 0 Å². The Bertz CT molecular complexity index is 592. The molecule has 8 N–H and O–H groups in total. The molecule has 0 spiro atoms. The van der Waals surface area contributed by atoms with Crippen molar-refractivity contribution in [3.8, 4) is 0 Å². The van der Waals surface area contributed by atoms with Crippen molar-refractivity contribution in [2.45, 2.75) is 37.0 Å². The lowest BCUT2D eigenvalue weighted by Crippen LogP contribution is -2.58. The number of carboxylic acid groups (broad SMARTS) is 2. The number of aliphatic carboxylic acids is 2. The number of nitrogens with two attached hydrogens (primary N) is 1. The van der Waals surface area contributed by atoms with Gasteiger partial charge in [0.15, 0.2) is 0 Å². The largest absolute Gasteiger partial charge is 0.481 e. The normalized spacial score (nSPS) is 14.9. The van der Waals surface area contributed by atoms with Crippen molar-refractivity contribution in [3.63, 3.8) is 0 Å². The number of hydrogen-bond acceptors (Lipinski definition) is 9. The van der Waals surface area contributed by atoms with Crippen LogP contribution < -0.4 is 21.7 Å². The molecule has 0 aromatic rings. The molecule has 4 atom stereocenters. The van der Waals surface area contributed by atoms with E-state index in [0.29, 0.717) is 0 Å². The third kappa shape index (κ3) is 9.25. The number of hydrogen-bond donors (Lipinski definition) is 9. The molecule has 0 saturated carbocycles. The van der Waals surface area contributed by atoms with Crippen LogP contribution in [0, 0.1) is 0 Å². The molecule has 0 aromatic heterocycles. The molecule has 12 nitrogen and oxygen atoms in total. The maximum Gasteiger partial charge on any atom is 0.328 e. The SMILES string of the molecule is NC(CS)C(=O)NC(CS)C(=O)NC(CCC(=O)O)C(=O)NC(CO)C(=O)O.